The highest BCUT2D eigenvalue weighted by Crippen LogP contribution is 2.14. The van der Waals surface area contributed by atoms with Gasteiger partial charge < -0.3 is 35.4 Å². The van der Waals surface area contributed by atoms with Gasteiger partial charge in [-0.3, -0.25) is 0 Å². The van der Waals surface area contributed by atoms with E-state index in [2.05, 4.69) is 27.7 Å². The summed E-state index contributed by atoms with van der Waals surface area (Å²) in [6, 6.07) is 0. The van der Waals surface area contributed by atoms with Crippen LogP contribution in [0.5, 0.6) is 0 Å². The lowest BCUT2D eigenvalue weighted by Gasteiger charge is -2.26. The maximum Gasteiger partial charge on any atom is 0.679 e. The van der Waals surface area contributed by atoms with Crippen LogP contribution in [0.3, 0.4) is 0 Å². The molecule has 0 fully saturated rings. The Labute approximate surface area is 187 Å². The Hall–Kier alpha value is 0.114. The molecule has 0 saturated heterocycles. The number of unbranched alkanes of at least 4 members (excludes halogenated alkanes) is 4. The molecule has 0 atom stereocenters. The van der Waals surface area contributed by atoms with Gasteiger partial charge in [0.1, 0.15) is 0 Å². The van der Waals surface area contributed by atoms with Crippen molar-refractivity contribution in [3.63, 3.8) is 0 Å². The second kappa shape index (κ2) is 22.3. The van der Waals surface area contributed by atoms with Crippen LogP contribution in [0.25, 0.3) is 0 Å². The molecule has 0 spiro atoms. The fourth-order valence-electron chi connectivity index (χ4n) is 2.09. The number of hydrogen-bond acceptors (Lipinski definition) is 8. The SMILES string of the molecule is CCCCO[Si](OC)(OC)OC.CCCCO[Si](OC)(OCCCC)OCCCC. The average molecular weight is 473 g/mol. The molecule has 0 aliphatic carbocycles. The molecule has 0 aromatic rings. The van der Waals surface area contributed by atoms with Crippen molar-refractivity contribution >= 4 is 18.1 Å². The molecule has 0 aliphatic rings. The fraction of sp³-hybridized carbons (Fsp3) is 1.00. The topological polar surface area (TPSA) is 73.8 Å². The van der Waals surface area contributed by atoms with Gasteiger partial charge in [-0.1, -0.05) is 53.4 Å². The summed E-state index contributed by atoms with van der Waals surface area (Å²) in [7, 11) is 0.584. The number of rotatable bonds is 20. The van der Waals surface area contributed by atoms with Crippen LogP contribution in [-0.4, -0.2) is 73.0 Å². The normalized spacial score (nSPS) is 12.0. The largest absolute Gasteiger partial charge is 0.679 e. The molecular weight excluding hydrogens is 424 g/mol. The fourth-order valence-corrected chi connectivity index (χ4v) is 5.13. The van der Waals surface area contributed by atoms with Crippen LogP contribution in [0.4, 0.5) is 0 Å². The van der Waals surface area contributed by atoms with Crippen molar-refractivity contribution in [3.05, 3.63) is 0 Å². The highest BCUT2D eigenvalue weighted by molar-refractivity contribution is 6.53. The minimum atomic E-state index is -2.88. The third-order valence-electron chi connectivity index (χ3n) is 4.11. The van der Waals surface area contributed by atoms with Crippen LogP contribution in [0.1, 0.15) is 79.1 Å². The Bertz CT molecular complexity index is 312. The van der Waals surface area contributed by atoms with E-state index in [9.17, 15) is 0 Å². The molecule has 10 heteroatoms. The predicted octanol–water partition coefficient (Wildman–Crippen LogP) is 4.70. The second-order valence-corrected chi connectivity index (χ2v) is 11.4. The molecule has 0 saturated carbocycles. The summed E-state index contributed by atoms with van der Waals surface area (Å²) >= 11 is 0. The van der Waals surface area contributed by atoms with E-state index < -0.39 is 18.1 Å². The Morgan fingerprint density at radius 3 is 0.833 bits per heavy atom. The quantitative estimate of drug-likeness (QED) is 0.186. The molecule has 0 N–H and O–H groups in total. The monoisotopic (exact) mass is 472 g/mol. The van der Waals surface area contributed by atoms with Gasteiger partial charge in [0.2, 0.25) is 0 Å². The number of hydrogen-bond donors (Lipinski definition) is 0. The lowest BCUT2D eigenvalue weighted by atomic mass is 10.4. The van der Waals surface area contributed by atoms with Crippen LogP contribution in [-0.2, 0) is 35.4 Å². The molecule has 0 bridgehead atoms. The van der Waals surface area contributed by atoms with Gasteiger partial charge in [-0.05, 0) is 25.7 Å². The van der Waals surface area contributed by atoms with E-state index in [1.165, 1.54) is 21.3 Å². The van der Waals surface area contributed by atoms with Gasteiger partial charge in [-0.2, -0.15) is 0 Å². The zero-order valence-electron chi connectivity index (χ0n) is 20.8. The standard InChI is InChI=1S/C13H30O4Si.C7H18O4Si/c1-5-8-11-15-18(14-4,16-12-9-6-2)17-13-10-7-3;1-5-6-7-11-12(8-2,9-3)10-4/h5-13H2,1-4H3;5-7H2,1-4H3. The van der Waals surface area contributed by atoms with Crippen LogP contribution >= 0.6 is 0 Å². The molecule has 8 nitrogen and oxygen atoms in total. The van der Waals surface area contributed by atoms with E-state index in [1.807, 2.05) is 0 Å². The summed E-state index contributed by atoms with van der Waals surface area (Å²) in [5, 5.41) is 0. The van der Waals surface area contributed by atoms with Gasteiger partial charge in [0.15, 0.2) is 0 Å². The van der Waals surface area contributed by atoms with Crippen molar-refractivity contribution in [2.24, 2.45) is 0 Å². The Kier molecular flexibility index (Phi) is 24.0. The Morgan fingerprint density at radius 2 is 0.633 bits per heavy atom. The molecule has 0 heterocycles. The van der Waals surface area contributed by atoms with Gasteiger partial charge >= 0.3 is 18.1 Å². The molecule has 30 heavy (non-hydrogen) atoms. The van der Waals surface area contributed by atoms with Crippen molar-refractivity contribution in [1.29, 1.82) is 0 Å². The second-order valence-electron chi connectivity index (χ2n) is 6.62. The smallest absolute Gasteiger partial charge is 0.355 e. The summed E-state index contributed by atoms with van der Waals surface area (Å²) in [5.41, 5.74) is 0. The first kappa shape index (κ1) is 32.3. The van der Waals surface area contributed by atoms with Crippen molar-refractivity contribution in [2.45, 2.75) is 79.1 Å². The summed E-state index contributed by atoms with van der Waals surface area (Å²) in [5.74, 6) is 0. The van der Waals surface area contributed by atoms with Crippen molar-refractivity contribution in [2.75, 3.05) is 54.9 Å². The maximum absolute atomic E-state index is 5.78. The van der Waals surface area contributed by atoms with Gasteiger partial charge in [0, 0.05) is 54.9 Å². The third-order valence-corrected chi connectivity index (χ3v) is 8.34. The summed E-state index contributed by atoms with van der Waals surface area (Å²) in [4.78, 5) is 0. The minimum Gasteiger partial charge on any atom is -0.355 e. The predicted molar refractivity (Wildman–Crippen MR) is 123 cm³/mol. The minimum absolute atomic E-state index is 0.623. The zero-order valence-corrected chi connectivity index (χ0v) is 22.8. The first-order chi connectivity index (χ1) is 14.5. The van der Waals surface area contributed by atoms with E-state index in [-0.39, 0.29) is 0 Å². The highest BCUT2D eigenvalue weighted by atomic mass is 28.4. The molecule has 0 rings (SSSR count). The zero-order chi connectivity index (χ0) is 23.1. The Morgan fingerprint density at radius 1 is 0.400 bits per heavy atom. The summed E-state index contributed by atoms with van der Waals surface area (Å²) < 4.78 is 43.4. The van der Waals surface area contributed by atoms with Crippen molar-refractivity contribution in [1.82, 2.24) is 0 Å². The van der Waals surface area contributed by atoms with Gasteiger partial charge in [0.25, 0.3) is 0 Å². The first-order valence-electron chi connectivity index (χ1n) is 11.2. The first-order valence-corrected chi connectivity index (χ1v) is 14.5. The Balaban J connectivity index is 0. The van der Waals surface area contributed by atoms with Crippen LogP contribution < -0.4 is 0 Å². The van der Waals surface area contributed by atoms with E-state index in [1.54, 1.807) is 7.11 Å². The lowest BCUT2D eigenvalue weighted by Crippen LogP contribution is -2.49. The summed E-state index contributed by atoms with van der Waals surface area (Å²) in [6.45, 7) is 11.1. The molecular formula is C20H48O8Si2. The molecule has 0 amide bonds. The van der Waals surface area contributed by atoms with E-state index >= 15 is 0 Å². The van der Waals surface area contributed by atoms with Gasteiger partial charge in [0.05, 0.1) is 0 Å². The average Bonchev–Trinajstić information content (AvgIpc) is 2.78. The van der Waals surface area contributed by atoms with Crippen LogP contribution in [0.15, 0.2) is 0 Å². The van der Waals surface area contributed by atoms with Gasteiger partial charge in [-0.15, -0.1) is 0 Å². The molecule has 0 aromatic carbocycles. The summed E-state index contributed by atoms with van der Waals surface area (Å²) in [6.07, 6.45) is 8.38. The van der Waals surface area contributed by atoms with Gasteiger partial charge in [-0.25, -0.2) is 0 Å². The van der Waals surface area contributed by atoms with Crippen LogP contribution in [0, 0.1) is 0 Å². The molecule has 0 unspecified atom stereocenters. The molecule has 184 valence electrons. The third kappa shape index (κ3) is 15.8. The maximum atomic E-state index is 5.78. The van der Waals surface area contributed by atoms with Crippen molar-refractivity contribution in [3.8, 4) is 0 Å². The van der Waals surface area contributed by atoms with Crippen LogP contribution in [0.2, 0.25) is 0 Å². The molecule has 0 radical (unpaired) electrons. The molecule has 0 aromatic heterocycles. The van der Waals surface area contributed by atoms with E-state index in [4.69, 9.17) is 35.4 Å². The van der Waals surface area contributed by atoms with E-state index in [0.717, 1.165) is 51.4 Å². The van der Waals surface area contributed by atoms with E-state index in [0.29, 0.717) is 26.4 Å². The lowest BCUT2D eigenvalue weighted by molar-refractivity contribution is -0.0240. The molecule has 0 aliphatic heterocycles. The van der Waals surface area contributed by atoms with Crippen molar-refractivity contribution < 1.29 is 35.4 Å². The highest BCUT2D eigenvalue weighted by Gasteiger charge is 2.44.